The molecule has 150 valence electrons. The minimum absolute atomic E-state index is 0.0921. The predicted octanol–water partition coefficient (Wildman–Crippen LogP) is 5.01. The molecule has 2 aliphatic carbocycles. The van der Waals surface area contributed by atoms with E-state index in [0.717, 1.165) is 12.4 Å². The maximum absolute atomic E-state index is 12.5. The Morgan fingerprint density at radius 2 is 1.83 bits per heavy atom. The second-order valence-corrected chi connectivity index (χ2v) is 8.91. The van der Waals surface area contributed by atoms with Gasteiger partial charge < -0.3 is 4.98 Å². The number of aryl methyl sites for hydroxylation is 2. The zero-order valence-electron chi connectivity index (χ0n) is 16.6. The fourth-order valence-electron chi connectivity index (χ4n) is 4.97. The molecule has 0 atom stereocenters. The fraction of sp³-hybridized carbons (Fsp3) is 0.417. The Bertz CT molecular complexity index is 1100. The highest BCUT2D eigenvalue weighted by Gasteiger charge is 2.24. The minimum atomic E-state index is -0.0921. The summed E-state index contributed by atoms with van der Waals surface area (Å²) < 4.78 is 0. The Morgan fingerprint density at radius 1 is 1.00 bits per heavy atom. The van der Waals surface area contributed by atoms with Crippen molar-refractivity contribution in [2.75, 3.05) is 0 Å². The third kappa shape index (κ3) is 3.96. The Labute approximate surface area is 175 Å². The first kappa shape index (κ1) is 18.8. The summed E-state index contributed by atoms with van der Waals surface area (Å²) in [5, 5.41) is 1.19. The molecule has 0 saturated heterocycles. The second kappa shape index (κ2) is 7.92. The van der Waals surface area contributed by atoms with Crippen molar-refractivity contribution in [3.63, 3.8) is 0 Å². The summed E-state index contributed by atoms with van der Waals surface area (Å²) in [7, 11) is 0. The van der Waals surface area contributed by atoms with Crippen LogP contribution in [0.4, 0.5) is 0 Å². The maximum atomic E-state index is 12.5. The number of aromatic nitrogens is 2. The zero-order valence-corrected chi connectivity index (χ0v) is 17.3. The van der Waals surface area contributed by atoms with E-state index in [4.69, 9.17) is 16.6 Å². The molecule has 1 N–H and O–H groups in total. The van der Waals surface area contributed by atoms with Crippen molar-refractivity contribution >= 4 is 22.5 Å². The number of nitrogens with one attached hydrogen (secondary N) is 1. The maximum Gasteiger partial charge on any atom is 0.258 e. The third-order valence-electron chi connectivity index (χ3n) is 6.46. The SMILES string of the molecule is O=c1[nH]c(CN(Cc2ccc3c(c2)CCC3)C2CCCC2)nc2cc(Cl)ccc12. The Morgan fingerprint density at radius 3 is 2.69 bits per heavy atom. The number of hydrogen-bond donors (Lipinski definition) is 1. The van der Waals surface area contributed by atoms with Gasteiger partial charge in [-0.05, 0) is 67.0 Å². The van der Waals surface area contributed by atoms with E-state index in [2.05, 4.69) is 28.1 Å². The number of hydrogen-bond acceptors (Lipinski definition) is 3. The Hall–Kier alpha value is -2.17. The van der Waals surface area contributed by atoms with Crippen molar-refractivity contribution in [2.45, 2.75) is 64.1 Å². The molecule has 0 unspecified atom stereocenters. The van der Waals surface area contributed by atoms with E-state index in [1.165, 1.54) is 61.6 Å². The molecular weight excluding hydrogens is 382 g/mol. The molecule has 29 heavy (non-hydrogen) atoms. The number of aromatic amines is 1. The van der Waals surface area contributed by atoms with E-state index in [9.17, 15) is 4.79 Å². The van der Waals surface area contributed by atoms with Crippen LogP contribution in [-0.2, 0) is 25.9 Å². The topological polar surface area (TPSA) is 49.0 Å². The molecule has 2 aromatic carbocycles. The lowest BCUT2D eigenvalue weighted by atomic mass is 10.1. The first-order valence-corrected chi connectivity index (χ1v) is 11.1. The number of nitrogens with zero attached hydrogens (tertiary/aromatic N) is 2. The summed E-state index contributed by atoms with van der Waals surface area (Å²) in [6.07, 6.45) is 8.68. The van der Waals surface area contributed by atoms with Crippen LogP contribution in [-0.4, -0.2) is 20.9 Å². The molecule has 5 rings (SSSR count). The lowest BCUT2D eigenvalue weighted by Gasteiger charge is -2.28. The molecule has 1 heterocycles. The molecule has 0 radical (unpaired) electrons. The van der Waals surface area contributed by atoms with Crippen LogP contribution in [0.15, 0.2) is 41.2 Å². The molecular formula is C24H26ClN3O. The lowest BCUT2D eigenvalue weighted by Crippen LogP contribution is -2.33. The molecule has 0 bridgehead atoms. The molecule has 0 spiro atoms. The molecule has 1 saturated carbocycles. The van der Waals surface area contributed by atoms with Gasteiger partial charge in [-0.3, -0.25) is 9.69 Å². The van der Waals surface area contributed by atoms with Crippen LogP contribution in [0.25, 0.3) is 10.9 Å². The van der Waals surface area contributed by atoms with Gasteiger partial charge in [-0.2, -0.15) is 0 Å². The van der Waals surface area contributed by atoms with Crippen molar-refractivity contribution in [2.24, 2.45) is 0 Å². The average Bonchev–Trinajstić information content (AvgIpc) is 3.39. The van der Waals surface area contributed by atoms with Crippen molar-refractivity contribution in [3.8, 4) is 0 Å². The molecule has 5 heteroatoms. The van der Waals surface area contributed by atoms with Crippen molar-refractivity contribution in [1.82, 2.24) is 14.9 Å². The van der Waals surface area contributed by atoms with Crippen LogP contribution in [0.5, 0.6) is 0 Å². The summed E-state index contributed by atoms with van der Waals surface area (Å²) in [6.45, 7) is 1.55. The van der Waals surface area contributed by atoms with E-state index >= 15 is 0 Å². The molecule has 0 aliphatic heterocycles. The highest BCUT2D eigenvalue weighted by atomic mass is 35.5. The highest BCUT2D eigenvalue weighted by molar-refractivity contribution is 6.31. The first-order chi connectivity index (χ1) is 14.2. The molecule has 1 aromatic heterocycles. The van der Waals surface area contributed by atoms with Crippen molar-refractivity contribution in [1.29, 1.82) is 0 Å². The van der Waals surface area contributed by atoms with Gasteiger partial charge in [0.25, 0.3) is 5.56 Å². The van der Waals surface area contributed by atoms with E-state index in [-0.39, 0.29) is 5.56 Å². The van der Waals surface area contributed by atoms with Gasteiger partial charge in [-0.25, -0.2) is 4.98 Å². The summed E-state index contributed by atoms with van der Waals surface area (Å²) in [6, 6.07) is 12.8. The fourth-order valence-corrected chi connectivity index (χ4v) is 5.14. The van der Waals surface area contributed by atoms with Crippen LogP contribution in [0.1, 0.15) is 54.6 Å². The van der Waals surface area contributed by atoms with Gasteiger partial charge in [-0.15, -0.1) is 0 Å². The van der Waals surface area contributed by atoms with E-state index in [0.29, 0.717) is 28.5 Å². The van der Waals surface area contributed by atoms with Gasteiger partial charge in [0, 0.05) is 17.6 Å². The van der Waals surface area contributed by atoms with Gasteiger partial charge >= 0.3 is 0 Å². The highest BCUT2D eigenvalue weighted by Crippen LogP contribution is 2.28. The van der Waals surface area contributed by atoms with Crippen molar-refractivity contribution in [3.05, 3.63) is 74.3 Å². The summed E-state index contributed by atoms with van der Waals surface area (Å²) >= 11 is 6.12. The number of halogens is 1. The number of H-pyrrole nitrogens is 1. The minimum Gasteiger partial charge on any atom is -0.309 e. The Kier molecular flexibility index (Phi) is 5.15. The smallest absolute Gasteiger partial charge is 0.258 e. The quantitative estimate of drug-likeness (QED) is 0.646. The van der Waals surface area contributed by atoms with Gasteiger partial charge in [0.05, 0.1) is 17.4 Å². The Balaban J connectivity index is 1.44. The van der Waals surface area contributed by atoms with Gasteiger partial charge in [-0.1, -0.05) is 42.6 Å². The predicted molar refractivity (Wildman–Crippen MR) is 117 cm³/mol. The monoisotopic (exact) mass is 407 g/mol. The van der Waals surface area contributed by atoms with Gasteiger partial charge in [0.2, 0.25) is 0 Å². The van der Waals surface area contributed by atoms with E-state index < -0.39 is 0 Å². The van der Waals surface area contributed by atoms with Crippen LogP contribution in [0, 0.1) is 0 Å². The number of benzene rings is 2. The lowest BCUT2D eigenvalue weighted by molar-refractivity contribution is 0.176. The molecule has 2 aliphatic rings. The zero-order chi connectivity index (χ0) is 19.8. The summed E-state index contributed by atoms with van der Waals surface area (Å²) in [5.74, 6) is 0.720. The molecule has 4 nitrogen and oxygen atoms in total. The van der Waals surface area contributed by atoms with Crippen molar-refractivity contribution < 1.29 is 0 Å². The molecule has 0 amide bonds. The van der Waals surface area contributed by atoms with Gasteiger partial charge in [0.15, 0.2) is 0 Å². The average molecular weight is 408 g/mol. The summed E-state index contributed by atoms with van der Waals surface area (Å²) in [5.41, 5.74) is 4.97. The number of rotatable bonds is 5. The largest absolute Gasteiger partial charge is 0.309 e. The van der Waals surface area contributed by atoms with E-state index in [1.54, 1.807) is 18.2 Å². The van der Waals surface area contributed by atoms with E-state index in [1.807, 2.05) is 0 Å². The second-order valence-electron chi connectivity index (χ2n) is 8.47. The normalized spacial score (nSPS) is 16.8. The first-order valence-electron chi connectivity index (χ1n) is 10.7. The van der Waals surface area contributed by atoms with Crippen LogP contribution >= 0.6 is 11.6 Å². The molecule has 3 aromatic rings. The number of fused-ring (bicyclic) bond motifs is 2. The van der Waals surface area contributed by atoms with Crippen LogP contribution in [0.3, 0.4) is 0 Å². The third-order valence-corrected chi connectivity index (χ3v) is 6.70. The standard InChI is InChI=1S/C24H26ClN3O/c25-19-10-11-21-22(13-19)26-23(27-24(21)29)15-28(20-6-1-2-7-20)14-16-8-9-17-4-3-5-18(17)12-16/h8-13,20H,1-7,14-15H2,(H,26,27,29). The van der Waals surface area contributed by atoms with Crippen LogP contribution < -0.4 is 5.56 Å². The molecule has 1 fully saturated rings. The summed E-state index contributed by atoms with van der Waals surface area (Å²) in [4.78, 5) is 22.8. The van der Waals surface area contributed by atoms with Crippen LogP contribution in [0.2, 0.25) is 5.02 Å². The van der Waals surface area contributed by atoms with Gasteiger partial charge in [0.1, 0.15) is 5.82 Å².